The van der Waals surface area contributed by atoms with Crippen LogP contribution in [0.25, 0.3) is 22.3 Å². The van der Waals surface area contributed by atoms with Crippen molar-refractivity contribution in [1.82, 2.24) is 29.6 Å². The van der Waals surface area contributed by atoms with E-state index in [0.29, 0.717) is 12.0 Å². The maximum atomic E-state index is 5.49. The van der Waals surface area contributed by atoms with Crippen LogP contribution in [0.15, 0.2) is 24.8 Å². The van der Waals surface area contributed by atoms with Crippen LogP contribution in [0.5, 0.6) is 0 Å². The lowest BCUT2D eigenvalue weighted by atomic mass is 9.83. The minimum absolute atomic E-state index is 0.510. The zero-order valence-corrected chi connectivity index (χ0v) is 15.8. The van der Waals surface area contributed by atoms with Gasteiger partial charge in [0.1, 0.15) is 5.52 Å². The molecule has 5 rings (SSSR count). The van der Waals surface area contributed by atoms with Crippen LogP contribution < -0.4 is 0 Å². The second-order valence-electron chi connectivity index (χ2n) is 7.75. The van der Waals surface area contributed by atoms with Gasteiger partial charge in [-0.15, -0.1) is 0 Å². The number of H-pyrrole nitrogens is 1. The highest BCUT2D eigenvalue weighted by atomic mass is 16.5. The largest absolute Gasteiger partial charge is 0.379 e. The van der Waals surface area contributed by atoms with Crippen LogP contribution in [0.3, 0.4) is 0 Å². The molecule has 0 atom stereocenters. The fourth-order valence-electron chi connectivity index (χ4n) is 4.56. The zero-order valence-electron chi connectivity index (χ0n) is 15.8. The Kier molecular flexibility index (Phi) is 4.41. The molecule has 7 nitrogen and oxygen atoms in total. The summed E-state index contributed by atoms with van der Waals surface area (Å²) < 4.78 is 7.31. The number of rotatable bonds is 3. The molecule has 4 heterocycles. The normalized spacial score (nSPS) is 24.5. The Morgan fingerprint density at radius 2 is 1.93 bits per heavy atom. The lowest BCUT2D eigenvalue weighted by molar-refractivity contribution is 0.00721. The molecule has 0 bridgehead atoms. The summed E-state index contributed by atoms with van der Waals surface area (Å²) in [6.07, 6.45) is 12.7. The highest BCUT2D eigenvalue weighted by Crippen LogP contribution is 2.35. The van der Waals surface area contributed by atoms with Gasteiger partial charge in [0.25, 0.3) is 0 Å². The van der Waals surface area contributed by atoms with Crippen molar-refractivity contribution in [2.75, 3.05) is 26.3 Å². The number of hydrogen-bond donors (Lipinski definition) is 1. The van der Waals surface area contributed by atoms with Crippen LogP contribution in [0.1, 0.15) is 37.3 Å². The molecule has 3 aromatic rings. The number of aromatic amines is 1. The third kappa shape index (κ3) is 3.26. The highest BCUT2D eigenvalue weighted by molar-refractivity contribution is 5.89. The summed E-state index contributed by atoms with van der Waals surface area (Å²) in [5.41, 5.74) is 5.09. The van der Waals surface area contributed by atoms with Gasteiger partial charge in [0, 0.05) is 55.6 Å². The molecule has 0 radical (unpaired) electrons. The van der Waals surface area contributed by atoms with E-state index in [1.807, 2.05) is 36.5 Å². The molecular weight excluding hydrogens is 340 g/mol. The second kappa shape index (κ2) is 7.05. The maximum absolute atomic E-state index is 5.49. The number of hydrogen-bond acceptors (Lipinski definition) is 5. The van der Waals surface area contributed by atoms with Gasteiger partial charge in [-0.1, -0.05) is 0 Å². The van der Waals surface area contributed by atoms with Crippen LogP contribution >= 0.6 is 0 Å². The summed E-state index contributed by atoms with van der Waals surface area (Å²) in [5, 5.41) is 4.29. The average molecular weight is 366 g/mol. The minimum Gasteiger partial charge on any atom is -0.379 e. The molecule has 0 aromatic carbocycles. The Hall–Kier alpha value is -2.25. The van der Waals surface area contributed by atoms with Gasteiger partial charge in [-0.2, -0.15) is 5.10 Å². The second-order valence-corrected chi connectivity index (χ2v) is 7.75. The first-order valence-corrected chi connectivity index (χ1v) is 9.93. The first-order chi connectivity index (χ1) is 13.3. The van der Waals surface area contributed by atoms with E-state index < -0.39 is 0 Å². The van der Waals surface area contributed by atoms with Crippen molar-refractivity contribution in [2.24, 2.45) is 7.05 Å². The average Bonchev–Trinajstić information content (AvgIpc) is 3.34. The van der Waals surface area contributed by atoms with E-state index in [1.54, 1.807) is 0 Å². The van der Waals surface area contributed by atoms with Crippen molar-refractivity contribution in [3.8, 4) is 11.1 Å². The molecule has 3 aromatic heterocycles. The first-order valence-electron chi connectivity index (χ1n) is 9.93. The molecule has 0 amide bonds. The summed E-state index contributed by atoms with van der Waals surface area (Å²) in [5.74, 6) is 0.510. The first kappa shape index (κ1) is 16.9. The van der Waals surface area contributed by atoms with Gasteiger partial charge in [0.05, 0.1) is 31.3 Å². The fourth-order valence-corrected chi connectivity index (χ4v) is 4.56. The summed E-state index contributed by atoms with van der Waals surface area (Å²) in [6, 6.07) is 0.708. The summed E-state index contributed by atoms with van der Waals surface area (Å²) >= 11 is 0. The molecule has 1 N–H and O–H groups in total. The van der Waals surface area contributed by atoms with Gasteiger partial charge < -0.3 is 9.72 Å². The van der Waals surface area contributed by atoms with Crippen LogP contribution in [-0.4, -0.2) is 62.0 Å². The summed E-state index contributed by atoms with van der Waals surface area (Å²) in [4.78, 5) is 15.5. The molecule has 0 spiro atoms. The number of aryl methyl sites for hydroxylation is 1. The van der Waals surface area contributed by atoms with E-state index in [1.165, 1.54) is 25.7 Å². The zero-order chi connectivity index (χ0) is 18.2. The number of fused-ring (bicyclic) bond motifs is 1. The van der Waals surface area contributed by atoms with E-state index in [0.717, 1.165) is 54.3 Å². The van der Waals surface area contributed by atoms with E-state index >= 15 is 0 Å². The highest BCUT2D eigenvalue weighted by Gasteiger charge is 2.28. The fraction of sp³-hybridized carbons (Fsp3) is 0.550. The SMILES string of the molecule is Cn1cc(-c2c[nH]c3ncc([C@H]4CC[C@H](N5CCOCC5)CC4)nc23)cn1. The summed E-state index contributed by atoms with van der Waals surface area (Å²) in [7, 11) is 1.93. The number of morpholine rings is 1. The van der Waals surface area contributed by atoms with E-state index in [4.69, 9.17) is 9.72 Å². The van der Waals surface area contributed by atoms with Gasteiger partial charge >= 0.3 is 0 Å². The standard InChI is InChI=1S/C20H26N6O/c1-25-13-15(10-23-25)17-11-21-20-19(17)24-18(12-22-20)14-2-4-16(5-3-14)26-6-8-27-9-7-26/h10-14,16H,2-9H2,1H3,(H,21,22)/t14-,16-. The lowest BCUT2D eigenvalue weighted by Crippen LogP contribution is -2.44. The lowest BCUT2D eigenvalue weighted by Gasteiger charge is -2.38. The quantitative estimate of drug-likeness (QED) is 0.772. The molecule has 1 aliphatic carbocycles. The minimum atomic E-state index is 0.510. The van der Waals surface area contributed by atoms with Crippen LogP contribution in [0, 0.1) is 0 Å². The Morgan fingerprint density at radius 3 is 2.67 bits per heavy atom. The topological polar surface area (TPSA) is 71.9 Å². The van der Waals surface area contributed by atoms with Gasteiger partial charge in [0.15, 0.2) is 5.65 Å². The van der Waals surface area contributed by atoms with Crippen LogP contribution in [0.2, 0.25) is 0 Å². The molecule has 142 valence electrons. The van der Waals surface area contributed by atoms with Gasteiger partial charge in [-0.3, -0.25) is 9.58 Å². The van der Waals surface area contributed by atoms with Gasteiger partial charge in [-0.25, -0.2) is 9.97 Å². The van der Waals surface area contributed by atoms with Gasteiger partial charge in [-0.05, 0) is 25.7 Å². The Balaban J connectivity index is 1.35. The maximum Gasteiger partial charge on any atom is 0.156 e. The summed E-state index contributed by atoms with van der Waals surface area (Å²) in [6.45, 7) is 3.93. The number of aromatic nitrogens is 5. The monoisotopic (exact) mass is 366 g/mol. The van der Waals surface area contributed by atoms with Crippen molar-refractivity contribution < 1.29 is 4.74 Å². The molecule has 1 saturated heterocycles. The molecular formula is C20H26N6O. The Bertz CT molecular complexity index is 918. The third-order valence-electron chi connectivity index (χ3n) is 6.09. The van der Waals surface area contributed by atoms with Crippen molar-refractivity contribution in [2.45, 2.75) is 37.6 Å². The molecule has 7 heteroatoms. The number of ether oxygens (including phenoxy) is 1. The van der Waals surface area contributed by atoms with Gasteiger partial charge in [0.2, 0.25) is 0 Å². The smallest absolute Gasteiger partial charge is 0.156 e. The van der Waals surface area contributed by atoms with E-state index in [-0.39, 0.29) is 0 Å². The van der Waals surface area contributed by atoms with Crippen molar-refractivity contribution >= 4 is 11.2 Å². The number of nitrogens with zero attached hydrogens (tertiary/aromatic N) is 5. The Labute approximate surface area is 158 Å². The van der Waals surface area contributed by atoms with Crippen LogP contribution in [0.4, 0.5) is 0 Å². The van der Waals surface area contributed by atoms with Crippen molar-refractivity contribution in [3.05, 3.63) is 30.5 Å². The van der Waals surface area contributed by atoms with Crippen molar-refractivity contribution in [3.63, 3.8) is 0 Å². The molecule has 27 heavy (non-hydrogen) atoms. The number of nitrogens with one attached hydrogen (secondary N) is 1. The van der Waals surface area contributed by atoms with Crippen molar-refractivity contribution in [1.29, 1.82) is 0 Å². The van der Waals surface area contributed by atoms with E-state index in [9.17, 15) is 0 Å². The van der Waals surface area contributed by atoms with E-state index in [2.05, 4.69) is 20.0 Å². The predicted octanol–water partition coefficient (Wildman–Crippen LogP) is 2.72. The predicted molar refractivity (Wildman–Crippen MR) is 103 cm³/mol. The Morgan fingerprint density at radius 1 is 1.11 bits per heavy atom. The third-order valence-corrected chi connectivity index (χ3v) is 6.09. The molecule has 1 aliphatic heterocycles. The van der Waals surface area contributed by atoms with Crippen LogP contribution in [-0.2, 0) is 11.8 Å². The molecule has 2 fully saturated rings. The molecule has 1 saturated carbocycles. The molecule has 0 unspecified atom stereocenters. The molecule has 2 aliphatic rings.